The first-order chi connectivity index (χ1) is 17.2. The first-order valence-electron chi connectivity index (χ1n) is 11.7. The fourth-order valence-electron chi connectivity index (χ4n) is 4.20. The van der Waals surface area contributed by atoms with Crippen LogP contribution in [0.3, 0.4) is 0 Å². The summed E-state index contributed by atoms with van der Waals surface area (Å²) in [6.45, 7) is 4.45. The van der Waals surface area contributed by atoms with Gasteiger partial charge >= 0.3 is 6.18 Å². The van der Waals surface area contributed by atoms with Crippen LogP contribution in [0.15, 0.2) is 42.5 Å². The van der Waals surface area contributed by atoms with E-state index in [1.807, 2.05) is 18.9 Å². The van der Waals surface area contributed by atoms with Crippen LogP contribution in [-0.2, 0) is 22.7 Å². The van der Waals surface area contributed by atoms with E-state index in [1.165, 1.54) is 30.3 Å². The van der Waals surface area contributed by atoms with Gasteiger partial charge in [0.2, 0.25) is 10.0 Å². The minimum atomic E-state index is -4.40. The summed E-state index contributed by atoms with van der Waals surface area (Å²) >= 11 is 0. The quantitative estimate of drug-likeness (QED) is 0.530. The van der Waals surface area contributed by atoms with Crippen molar-refractivity contribution in [1.29, 1.82) is 0 Å². The second-order valence-corrected chi connectivity index (χ2v) is 11.3. The summed E-state index contributed by atoms with van der Waals surface area (Å²) in [5.41, 5.74) is 0.368. The summed E-state index contributed by atoms with van der Waals surface area (Å²) in [6.07, 6.45) is -3.80. The topological polar surface area (TPSA) is 99.2 Å². The predicted octanol–water partition coefficient (Wildman–Crippen LogP) is 3.43. The Hall–Kier alpha value is -2.83. The molecule has 37 heavy (non-hydrogen) atoms. The number of nitrogens with zero attached hydrogens (tertiary/aromatic N) is 2. The van der Waals surface area contributed by atoms with Crippen LogP contribution in [0.4, 0.5) is 18.9 Å². The van der Waals surface area contributed by atoms with Crippen molar-refractivity contribution in [1.82, 2.24) is 9.80 Å². The Morgan fingerprint density at radius 2 is 1.86 bits per heavy atom. The lowest BCUT2D eigenvalue weighted by Gasteiger charge is -2.38. The molecule has 0 unspecified atom stereocenters. The Kier molecular flexibility index (Phi) is 8.76. The number of likely N-dealkylation sites (N-methyl/N-ethyl adjacent to an activating group) is 1. The van der Waals surface area contributed by atoms with E-state index in [4.69, 9.17) is 4.74 Å². The molecular formula is C25H32F3N3O5S. The number of alkyl halides is 3. The number of benzene rings is 2. The number of sulfonamides is 1. The average Bonchev–Trinajstić information content (AvgIpc) is 2.80. The van der Waals surface area contributed by atoms with E-state index < -0.39 is 39.8 Å². The van der Waals surface area contributed by atoms with Gasteiger partial charge in [0.05, 0.1) is 30.0 Å². The molecule has 2 aromatic carbocycles. The Labute approximate surface area is 215 Å². The van der Waals surface area contributed by atoms with Gasteiger partial charge in [0.1, 0.15) is 11.9 Å². The maximum atomic E-state index is 13.4. The summed E-state index contributed by atoms with van der Waals surface area (Å²) < 4.78 is 70.6. The molecule has 0 aliphatic carbocycles. The average molecular weight is 544 g/mol. The highest BCUT2D eigenvalue weighted by atomic mass is 32.2. The number of fused-ring (bicyclic) bond motifs is 1. The number of aliphatic hydroxyl groups is 1. The standard InChI is InChI=1S/C25H32F3N3O5S/c1-16-12-31(17(2)15-32)24(33)21-11-20(29-37(4,34)35)9-10-22(21)36-23(16)14-30(3)13-18-5-7-19(8-6-18)25(26,27)28/h5-11,16-17,23,29,32H,12-15H2,1-4H3/t16-,17+,23+/m1/s1. The number of hydrogen-bond acceptors (Lipinski definition) is 6. The zero-order valence-electron chi connectivity index (χ0n) is 21.1. The molecule has 2 N–H and O–H groups in total. The Bertz CT molecular complexity index is 1210. The van der Waals surface area contributed by atoms with E-state index in [0.717, 1.165) is 18.4 Å². The highest BCUT2D eigenvalue weighted by Gasteiger charge is 2.34. The summed E-state index contributed by atoms with van der Waals surface area (Å²) in [7, 11) is -1.75. The molecule has 2 aromatic rings. The van der Waals surface area contributed by atoms with Gasteiger partial charge < -0.3 is 14.7 Å². The van der Waals surface area contributed by atoms with Crippen molar-refractivity contribution < 1.29 is 36.2 Å². The molecule has 3 rings (SSSR count). The van der Waals surface area contributed by atoms with Crippen LogP contribution in [0.1, 0.15) is 35.3 Å². The molecule has 12 heteroatoms. The molecule has 3 atom stereocenters. The third-order valence-corrected chi connectivity index (χ3v) is 6.80. The van der Waals surface area contributed by atoms with Gasteiger partial charge in [0.15, 0.2) is 0 Å². The highest BCUT2D eigenvalue weighted by Crippen LogP contribution is 2.32. The number of rotatable bonds is 8. The van der Waals surface area contributed by atoms with Crippen molar-refractivity contribution in [2.75, 3.05) is 37.7 Å². The van der Waals surface area contributed by atoms with Crippen LogP contribution < -0.4 is 9.46 Å². The second-order valence-electron chi connectivity index (χ2n) is 9.60. The molecular weight excluding hydrogens is 511 g/mol. The van der Waals surface area contributed by atoms with Crippen LogP contribution >= 0.6 is 0 Å². The zero-order chi connectivity index (χ0) is 27.5. The lowest BCUT2D eigenvalue weighted by atomic mass is 9.99. The number of carbonyl (C=O) groups excluding carboxylic acids is 1. The maximum Gasteiger partial charge on any atom is 0.416 e. The number of carbonyl (C=O) groups is 1. The largest absolute Gasteiger partial charge is 0.488 e. The SMILES string of the molecule is C[C@@H]1CN([C@@H](C)CO)C(=O)c2cc(NS(C)(=O)=O)ccc2O[C@H]1CN(C)Cc1ccc(C(F)(F)F)cc1. The van der Waals surface area contributed by atoms with E-state index in [0.29, 0.717) is 18.7 Å². The minimum absolute atomic E-state index is 0.157. The molecule has 0 bridgehead atoms. The summed E-state index contributed by atoms with van der Waals surface area (Å²) in [5.74, 6) is -0.272. The molecule has 0 radical (unpaired) electrons. The first-order valence-corrected chi connectivity index (χ1v) is 13.6. The zero-order valence-corrected chi connectivity index (χ0v) is 21.9. The fourth-order valence-corrected chi connectivity index (χ4v) is 4.76. The Morgan fingerprint density at radius 3 is 2.43 bits per heavy atom. The summed E-state index contributed by atoms with van der Waals surface area (Å²) in [4.78, 5) is 16.9. The van der Waals surface area contributed by atoms with Crippen LogP contribution in [-0.4, -0.2) is 74.4 Å². The van der Waals surface area contributed by atoms with Gasteiger partial charge in [0, 0.05) is 31.2 Å². The normalized spacial score (nSPS) is 19.6. The number of hydrogen-bond donors (Lipinski definition) is 2. The molecule has 0 fully saturated rings. The first kappa shape index (κ1) is 28.7. The molecule has 204 valence electrons. The number of anilines is 1. The van der Waals surface area contributed by atoms with Gasteiger partial charge in [-0.1, -0.05) is 19.1 Å². The highest BCUT2D eigenvalue weighted by molar-refractivity contribution is 7.92. The molecule has 0 spiro atoms. The molecule has 0 saturated carbocycles. The van der Waals surface area contributed by atoms with E-state index in [-0.39, 0.29) is 36.1 Å². The van der Waals surface area contributed by atoms with Gasteiger partial charge in [-0.15, -0.1) is 0 Å². The number of nitrogens with one attached hydrogen (secondary N) is 1. The molecule has 1 aliphatic heterocycles. The van der Waals surface area contributed by atoms with E-state index in [2.05, 4.69) is 4.72 Å². The fraction of sp³-hybridized carbons (Fsp3) is 0.480. The number of ether oxygens (including phenoxy) is 1. The van der Waals surface area contributed by atoms with Crippen molar-refractivity contribution in [3.63, 3.8) is 0 Å². The van der Waals surface area contributed by atoms with Gasteiger partial charge in [0.25, 0.3) is 5.91 Å². The number of halogens is 3. The van der Waals surface area contributed by atoms with Crippen LogP contribution in [0, 0.1) is 5.92 Å². The minimum Gasteiger partial charge on any atom is -0.488 e. The Morgan fingerprint density at radius 1 is 1.22 bits per heavy atom. The molecule has 0 aromatic heterocycles. The van der Waals surface area contributed by atoms with Gasteiger partial charge in [-0.05, 0) is 49.9 Å². The number of aliphatic hydroxyl groups excluding tert-OH is 1. The smallest absolute Gasteiger partial charge is 0.416 e. The Balaban J connectivity index is 1.86. The monoisotopic (exact) mass is 543 g/mol. The van der Waals surface area contributed by atoms with Crippen molar-refractivity contribution >= 4 is 21.6 Å². The van der Waals surface area contributed by atoms with E-state index in [9.17, 15) is 31.5 Å². The summed E-state index contributed by atoms with van der Waals surface area (Å²) in [6, 6.07) is 8.94. The van der Waals surface area contributed by atoms with Crippen LogP contribution in [0.2, 0.25) is 0 Å². The lowest BCUT2D eigenvalue weighted by Crippen LogP contribution is -2.49. The third-order valence-electron chi connectivity index (χ3n) is 6.19. The molecule has 1 aliphatic rings. The van der Waals surface area contributed by atoms with Crippen molar-refractivity contribution in [2.45, 2.75) is 38.7 Å². The molecule has 8 nitrogen and oxygen atoms in total. The van der Waals surface area contributed by atoms with Crippen molar-refractivity contribution in [2.24, 2.45) is 5.92 Å². The second kappa shape index (κ2) is 11.3. The van der Waals surface area contributed by atoms with E-state index in [1.54, 1.807) is 11.8 Å². The van der Waals surface area contributed by atoms with Gasteiger partial charge in [-0.25, -0.2) is 8.42 Å². The molecule has 1 amide bonds. The van der Waals surface area contributed by atoms with Crippen molar-refractivity contribution in [3.8, 4) is 5.75 Å². The van der Waals surface area contributed by atoms with Crippen LogP contribution in [0.25, 0.3) is 0 Å². The molecule has 0 saturated heterocycles. The number of amides is 1. The molecule has 1 heterocycles. The maximum absolute atomic E-state index is 13.4. The van der Waals surface area contributed by atoms with Crippen molar-refractivity contribution in [3.05, 3.63) is 59.2 Å². The van der Waals surface area contributed by atoms with Gasteiger partial charge in [-0.2, -0.15) is 13.2 Å². The summed E-state index contributed by atoms with van der Waals surface area (Å²) in [5, 5.41) is 9.76. The van der Waals surface area contributed by atoms with E-state index >= 15 is 0 Å². The third kappa shape index (κ3) is 7.59. The predicted molar refractivity (Wildman–Crippen MR) is 134 cm³/mol. The van der Waals surface area contributed by atoms with Crippen LogP contribution in [0.5, 0.6) is 5.75 Å². The van der Waals surface area contributed by atoms with Gasteiger partial charge in [-0.3, -0.25) is 14.4 Å². The lowest BCUT2D eigenvalue weighted by molar-refractivity contribution is -0.137.